The number of carbonyl (C=O) groups excluding carboxylic acids is 4. The molecule has 2 N–H and O–H groups in total. The van der Waals surface area contributed by atoms with Gasteiger partial charge >= 0.3 is 12.1 Å². The molecule has 3 aromatic carbocycles. The lowest BCUT2D eigenvalue weighted by molar-refractivity contribution is -0.159. The number of rotatable bonds is 13. The lowest BCUT2D eigenvalue weighted by Crippen LogP contribution is -2.55. The molecular weight excluding hydrogens is 618 g/mol. The molecule has 0 aliphatic carbocycles. The largest absolute Gasteiger partial charge is 0.458 e. The van der Waals surface area contributed by atoms with E-state index < -0.39 is 53.2 Å². The number of amides is 3. The Hall–Kier alpha value is -4.92. The summed E-state index contributed by atoms with van der Waals surface area (Å²) in [5.41, 5.74) is 2.25. The van der Waals surface area contributed by atoms with E-state index in [0.29, 0.717) is 5.56 Å². The van der Waals surface area contributed by atoms with Gasteiger partial charge in [0.2, 0.25) is 11.8 Å². The number of esters is 1. The zero-order valence-corrected chi connectivity index (χ0v) is 30.0. The summed E-state index contributed by atoms with van der Waals surface area (Å²) in [7, 11) is 0. The Bertz CT molecular complexity index is 1590. The Morgan fingerprint density at radius 3 is 1.80 bits per heavy atom. The Balaban J connectivity index is 2.12. The molecule has 9 nitrogen and oxygen atoms in total. The first-order chi connectivity index (χ1) is 23.0. The van der Waals surface area contributed by atoms with Crippen LogP contribution >= 0.6 is 0 Å². The van der Waals surface area contributed by atoms with E-state index in [1.165, 1.54) is 11.0 Å². The molecule has 0 fully saturated rings. The summed E-state index contributed by atoms with van der Waals surface area (Å²) < 4.78 is 11.3. The fourth-order valence-corrected chi connectivity index (χ4v) is 5.33. The van der Waals surface area contributed by atoms with E-state index in [9.17, 15) is 19.2 Å². The van der Waals surface area contributed by atoms with Gasteiger partial charge in [-0.1, -0.05) is 90.5 Å². The van der Waals surface area contributed by atoms with Crippen molar-refractivity contribution >= 4 is 23.9 Å². The quantitative estimate of drug-likeness (QED) is 0.157. The summed E-state index contributed by atoms with van der Waals surface area (Å²) in [6, 6.07) is 20.9. The number of hydrogen-bond acceptors (Lipinski definition) is 6. The van der Waals surface area contributed by atoms with Crippen LogP contribution in [0.2, 0.25) is 0 Å². The Morgan fingerprint density at radius 2 is 1.29 bits per heavy atom. The number of hydrogen-bond donors (Lipinski definition) is 2. The average Bonchev–Trinajstić information content (AvgIpc) is 3.00. The normalized spacial score (nSPS) is 13.3. The molecule has 0 aromatic heterocycles. The highest BCUT2D eigenvalue weighted by Gasteiger charge is 2.38. The number of benzene rings is 3. The molecule has 0 saturated heterocycles. The van der Waals surface area contributed by atoms with Crippen molar-refractivity contribution in [2.75, 3.05) is 6.54 Å². The maximum absolute atomic E-state index is 14.7. The summed E-state index contributed by atoms with van der Waals surface area (Å²) in [4.78, 5) is 57.3. The highest BCUT2D eigenvalue weighted by Crippen LogP contribution is 2.28. The second-order valence-corrected chi connectivity index (χ2v) is 14.2. The first-order valence-electron chi connectivity index (χ1n) is 16.6. The van der Waals surface area contributed by atoms with E-state index in [1.807, 2.05) is 92.7 Å². The highest BCUT2D eigenvalue weighted by molar-refractivity contribution is 5.94. The number of nitrogens with one attached hydrogen (secondary N) is 2. The summed E-state index contributed by atoms with van der Waals surface area (Å²) >= 11 is 0. The van der Waals surface area contributed by atoms with E-state index in [4.69, 9.17) is 9.47 Å². The molecule has 0 radical (unpaired) electrons. The second kappa shape index (κ2) is 17.0. The first kappa shape index (κ1) is 38.5. The van der Waals surface area contributed by atoms with Gasteiger partial charge in [0.15, 0.2) is 0 Å². The topological polar surface area (TPSA) is 114 Å². The molecular formula is C40H51N3O6. The Labute approximate surface area is 291 Å². The zero-order valence-electron chi connectivity index (χ0n) is 30.0. The molecule has 49 heavy (non-hydrogen) atoms. The molecule has 9 heteroatoms. The van der Waals surface area contributed by atoms with Crippen LogP contribution in [0.3, 0.4) is 0 Å². The van der Waals surface area contributed by atoms with Crippen molar-refractivity contribution in [3.05, 3.63) is 119 Å². The van der Waals surface area contributed by atoms with E-state index in [0.717, 1.165) is 22.3 Å². The van der Waals surface area contributed by atoms with E-state index in [1.54, 1.807) is 41.5 Å². The molecule has 262 valence electrons. The minimum absolute atomic E-state index is 0.0264. The Kier molecular flexibility index (Phi) is 13.3. The van der Waals surface area contributed by atoms with Crippen molar-refractivity contribution in [1.29, 1.82) is 0 Å². The molecule has 3 aromatic rings. The van der Waals surface area contributed by atoms with Crippen molar-refractivity contribution in [2.24, 2.45) is 0 Å². The standard InChI is InChI=1S/C40H51N3O6/c1-10-23-43(36(45)32(25-29-17-13-11-14-18-29)42-38(47)49-40(7,8)9)34(31-24-27(2)21-22-28(31)3)35(44)41-33(37(46)48-39(4,5)6)26-30-19-15-12-16-20-30/h10-22,24,32-34H,1,23,25-26H2,2-9H3,(H,41,44)(H,42,47). The number of ether oxygens (including phenoxy) is 2. The minimum atomic E-state index is -1.19. The van der Waals surface area contributed by atoms with Crippen molar-refractivity contribution in [3.63, 3.8) is 0 Å². The number of nitrogens with zero attached hydrogens (tertiary/aromatic N) is 1. The molecule has 3 atom stereocenters. The lowest BCUT2D eigenvalue weighted by atomic mass is 9.95. The third kappa shape index (κ3) is 12.2. The predicted octanol–water partition coefficient (Wildman–Crippen LogP) is 6.56. The summed E-state index contributed by atoms with van der Waals surface area (Å²) in [6.45, 7) is 18.1. The average molecular weight is 670 g/mol. The van der Waals surface area contributed by atoms with Gasteiger partial charge in [-0.2, -0.15) is 0 Å². The Morgan fingerprint density at radius 1 is 0.755 bits per heavy atom. The monoisotopic (exact) mass is 669 g/mol. The van der Waals surface area contributed by atoms with Crippen molar-refractivity contribution < 1.29 is 28.7 Å². The van der Waals surface area contributed by atoms with Gasteiger partial charge in [-0.15, -0.1) is 6.58 Å². The van der Waals surface area contributed by atoms with Crippen LogP contribution < -0.4 is 10.6 Å². The molecule has 0 spiro atoms. The summed E-state index contributed by atoms with van der Waals surface area (Å²) in [5, 5.41) is 5.69. The second-order valence-electron chi connectivity index (χ2n) is 14.2. The van der Waals surface area contributed by atoms with Gasteiger partial charge in [-0.25, -0.2) is 9.59 Å². The predicted molar refractivity (Wildman–Crippen MR) is 192 cm³/mol. The van der Waals surface area contributed by atoms with Crippen LogP contribution in [-0.2, 0) is 36.7 Å². The van der Waals surface area contributed by atoms with Gasteiger partial charge in [-0.3, -0.25) is 9.59 Å². The summed E-state index contributed by atoms with van der Waals surface area (Å²) in [6.07, 6.45) is 1.09. The maximum Gasteiger partial charge on any atom is 0.408 e. The number of alkyl carbamates (subject to hydrolysis) is 1. The fraction of sp³-hybridized carbons (Fsp3) is 0.400. The van der Waals surface area contributed by atoms with Crippen molar-refractivity contribution in [3.8, 4) is 0 Å². The van der Waals surface area contributed by atoms with Crippen LogP contribution in [-0.4, -0.2) is 58.6 Å². The molecule has 0 bridgehead atoms. The number of aryl methyl sites for hydroxylation is 2. The molecule has 0 aliphatic heterocycles. The van der Waals surface area contributed by atoms with E-state index >= 15 is 0 Å². The minimum Gasteiger partial charge on any atom is -0.458 e. The molecule has 0 saturated carbocycles. The smallest absolute Gasteiger partial charge is 0.408 e. The van der Waals surface area contributed by atoms with Crippen LogP contribution in [0.5, 0.6) is 0 Å². The first-order valence-corrected chi connectivity index (χ1v) is 16.6. The van der Waals surface area contributed by atoms with Crippen LogP contribution in [0.4, 0.5) is 4.79 Å². The van der Waals surface area contributed by atoms with Gasteiger partial charge in [0.1, 0.15) is 29.3 Å². The maximum atomic E-state index is 14.7. The third-order valence-electron chi connectivity index (χ3n) is 7.46. The zero-order chi connectivity index (χ0) is 36.4. The van der Waals surface area contributed by atoms with Gasteiger partial charge in [0, 0.05) is 19.4 Å². The molecule has 3 amide bonds. The highest BCUT2D eigenvalue weighted by atomic mass is 16.6. The van der Waals surface area contributed by atoms with Gasteiger partial charge in [0.05, 0.1) is 0 Å². The van der Waals surface area contributed by atoms with Gasteiger partial charge in [0.25, 0.3) is 0 Å². The summed E-state index contributed by atoms with van der Waals surface area (Å²) in [5.74, 6) is -1.70. The fourth-order valence-electron chi connectivity index (χ4n) is 5.33. The third-order valence-corrected chi connectivity index (χ3v) is 7.46. The van der Waals surface area contributed by atoms with Crippen molar-refractivity contribution in [1.82, 2.24) is 15.5 Å². The molecule has 3 unspecified atom stereocenters. The molecule has 0 heterocycles. The van der Waals surface area contributed by atoms with Crippen LogP contribution in [0.15, 0.2) is 91.5 Å². The lowest BCUT2D eigenvalue weighted by Gasteiger charge is -2.35. The van der Waals surface area contributed by atoms with Crippen molar-refractivity contribution in [2.45, 2.75) is 97.6 Å². The SMILES string of the molecule is C=CCN(C(=O)C(Cc1ccccc1)NC(=O)OC(C)(C)C)C(C(=O)NC(Cc1ccccc1)C(=O)OC(C)(C)C)c1cc(C)ccc1C. The van der Waals surface area contributed by atoms with Crippen LogP contribution in [0.25, 0.3) is 0 Å². The van der Waals surface area contributed by atoms with Crippen LogP contribution in [0.1, 0.15) is 75.4 Å². The van der Waals surface area contributed by atoms with E-state index in [2.05, 4.69) is 17.2 Å². The molecule has 0 aliphatic rings. The van der Waals surface area contributed by atoms with Crippen LogP contribution in [0, 0.1) is 13.8 Å². The van der Waals surface area contributed by atoms with E-state index in [-0.39, 0.29) is 19.4 Å². The number of carbonyl (C=O) groups is 4. The van der Waals surface area contributed by atoms with Gasteiger partial charge < -0.3 is 25.0 Å². The van der Waals surface area contributed by atoms with Gasteiger partial charge in [-0.05, 0) is 77.6 Å². The molecule has 3 rings (SSSR count).